The van der Waals surface area contributed by atoms with Gasteiger partial charge in [-0.05, 0) is 56.5 Å². The van der Waals surface area contributed by atoms with Crippen molar-refractivity contribution in [3.63, 3.8) is 0 Å². The molecular weight excluding hydrogens is 428 g/mol. The Hall–Kier alpha value is -0.730. The number of hydrogen-bond acceptors (Lipinski definition) is 4. The molecule has 1 aromatic rings. The van der Waals surface area contributed by atoms with Gasteiger partial charge in [-0.2, -0.15) is 0 Å². The maximum absolute atomic E-state index is 12.6. The van der Waals surface area contributed by atoms with Crippen molar-refractivity contribution in [1.82, 2.24) is 10.2 Å². The number of halogens is 5. The molecule has 0 radical (unpaired) electrons. The zero-order chi connectivity index (χ0) is 19.4. The molecule has 29 heavy (non-hydrogen) atoms. The van der Waals surface area contributed by atoms with Gasteiger partial charge in [0.15, 0.2) is 0 Å². The smallest absolute Gasteiger partial charge is 0.406 e. The lowest BCUT2D eigenvalue weighted by Gasteiger charge is -2.37. The first-order chi connectivity index (χ1) is 12.9. The van der Waals surface area contributed by atoms with Gasteiger partial charge in [-0.1, -0.05) is 25.0 Å². The number of alkyl halides is 3. The second-order valence-corrected chi connectivity index (χ2v) is 7.78. The number of aliphatic hydroxyl groups excluding tert-OH is 1. The predicted molar refractivity (Wildman–Crippen MR) is 112 cm³/mol. The quantitative estimate of drug-likeness (QED) is 0.664. The highest BCUT2D eigenvalue weighted by molar-refractivity contribution is 5.85. The van der Waals surface area contributed by atoms with E-state index in [4.69, 9.17) is 0 Å². The minimum atomic E-state index is -4.70. The summed E-state index contributed by atoms with van der Waals surface area (Å²) in [6.07, 6.45) is -0.318. The molecule has 3 unspecified atom stereocenters. The highest BCUT2D eigenvalue weighted by Gasteiger charge is 2.35. The Morgan fingerprint density at radius 3 is 2.55 bits per heavy atom. The molecule has 4 atom stereocenters. The average molecular weight is 459 g/mol. The second kappa shape index (κ2) is 11.6. The summed E-state index contributed by atoms with van der Waals surface area (Å²) < 4.78 is 42.0. The molecule has 0 spiro atoms. The topological polar surface area (TPSA) is 44.7 Å². The van der Waals surface area contributed by atoms with Crippen LogP contribution in [0.25, 0.3) is 0 Å². The zero-order valence-electron chi connectivity index (χ0n) is 16.5. The molecule has 1 aliphatic heterocycles. The van der Waals surface area contributed by atoms with Crippen molar-refractivity contribution >= 4 is 24.8 Å². The number of nitrogens with zero attached hydrogens (tertiary/aromatic N) is 1. The van der Waals surface area contributed by atoms with Crippen molar-refractivity contribution in [2.45, 2.75) is 56.5 Å². The van der Waals surface area contributed by atoms with E-state index in [1.165, 1.54) is 12.1 Å². The molecule has 2 fully saturated rings. The number of likely N-dealkylation sites (N-methyl/N-ethyl adjacent to an activating group) is 1. The summed E-state index contributed by atoms with van der Waals surface area (Å²) in [5.74, 6) is -0.133. The van der Waals surface area contributed by atoms with Gasteiger partial charge in [0, 0.05) is 25.0 Å². The summed E-state index contributed by atoms with van der Waals surface area (Å²) in [6, 6.07) is 6.74. The minimum Gasteiger partial charge on any atom is -0.406 e. The van der Waals surface area contributed by atoms with Gasteiger partial charge >= 0.3 is 6.36 Å². The molecule has 2 N–H and O–H groups in total. The van der Waals surface area contributed by atoms with Gasteiger partial charge < -0.3 is 20.1 Å². The number of likely N-dealkylation sites (tertiary alicyclic amines) is 1. The van der Waals surface area contributed by atoms with Crippen LogP contribution in [0.1, 0.15) is 43.6 Å². The van der Waals surface area contributed by atoms with Crippen LogP contribution < -0.4 is 10.1 Å². The van der Waals surface area contributed by atoms with E-state index in [0.717, 1.165) is 57.3 Å². The zero-order valence-corrected chi connectivity index (χ0v) is 18.2. The normalized spacial score (nSPS) is 26.3. The SMILES string of the molecule is CN[C@@H]1CCN(CC(c2cccc(OC(F)(F)F)c2)C2CCCCC2O)C1.Cl.Cl. The van der Waals surface area contributed by atoms with Gasteiger partial charge in [-0.25, -0.2) is 0 Å². The highest BCUT2D eigenvalue weighted by atomic mass is 35.5. The van der Waals surface area contributed by atoms with Crippen LogP contribution in [-0.2, 0) is 0 Å². The number of aliphatic hydroxyl groups is 1. The lowest BCUT2D eigenvalue weighted by molar-refractivity contribution is -0.274. The largest absolute Gasteiger partial charge is 0.573 e. The summed E-state index contributed by atoms with van der Waals surface area (Å²) >= 11 is 0. The first-order valence-electron chi connectivity index (χ1n) is 9.79. The van der Waals surface area contributed by atoms with Crippen molar-refractivity contribution in [2.75, 3.05) is 26.7 Å². The predicted octanol–water partition coefficient (Wildman–Crippen LogP) is 4.36. The van der Waals surface area contributed by atoms with Crippen LogP contribution in [0.2, 0.25) is 0 Å². The molecule has 2 aliphatic rings. The maximum atomic E-state index is 12.6. The van der Waals surface area contributed by atoms with Crippen LogP contribution in [0.15, 0.2) is 24.3 Å². The lowest BCUT2D eigenvalue weighted by atomic mass is 9.74. The Morgan fingerprint density at radius 2 is 1.93 bits per heavy atom. The fraction of sp³-hybridized carbons (Fsp3) is 0.700. The van der Waals surface area contributed by atoms with E-state index in [1.54, 1.807) is 6.07 Å². The monoisotopic (exact) mass is 458 g/mol. The average Bonchev–Trinajstić information content (AvgIpc) is 3.07. The first-order valence-corrected chi connectivity index (χ1v) is 9.79. The van der Waals surface area contributed by atoms with Crippen molar-refractivity contribution in [3.8, 4) is 5.75 Å². The third-order valence-electron chi connectivity index (χ3n) is 5.95. The van der Waals surface area contributed by atoms with E-state index in [0.29, 0.717) is 6.04 Å². The van der Waals surface area contributed by atoms with Crippen LogP contribution in [-0.4, -0.2) is 55.2 Å². The highest BCUT2D eigenvalue weighted by Crippen LogP contribution is 2.38. The molecule has 168 valence electrons. The third-order valence-corrected chi connectivity index (χ3v) is 5.95. The molecule has 0 amide bonds. The van der Waals surface area contributed by atoms with E-state index in [9.17, 15) is 18.3 Å². The molecule has 1 saturated carbocycles. The Morgan fingerprint density at radius 1 is 1.21 bits per heavy atom. The Kier molecular flexibility index (Phi) is 10.5. The second-order valence-electron chi connectivity index (χ2n) is 7.78. The van der Waals surface area contributed by atoms with Crippen molar-refractivity contribution in [3.05, 3.63) is 29.8 Å². The third kappa shape index (κ3) is 7.47. The van der Waals surface area contributed by atoms with Crippen LogP contribution in [0.4, 0.5) is 13.2 Å². The molecule has 1 aromatic carbocycles. The summed E-state index contributed by atoms with van der Waals surface area (Å²) in [4.78, 5) is 2.35. The van der Waals surface area contributed by atoms with Gasteiger partial charge in [0.25, 0.3) is 0 Å². The summed E-state index contributed by atoms with van der Waals surface area (Å²) in [5.41, 5.74) is 0.815. The maximum Gasteiger partial charge on any atom is 0.573 e. The van der Waals surface area contributed by atoms with Gasteiger partial charge in [0.2, 0.25) is 0 Å². The lowest BCUT2D eigenvalue weighted by Crippen LogP contribution is -2.38. The van der Waals surface area contributed by atoms with Crippen molar-refractivity contribution in [1.29, 1.82) is 0 Å². The van der Waals surface area contributed by atoms with Gasteiger partial charge in [0.1, 0.15) is 5.75 Å². The summed E-state index contributed by atoms with van der Waals surface area (Å²) in [5, 5.41) is 13.9. The number of ether oxygens (including phenoxy) is 1. The fourth-order valence-corrected chi connectivity index (χ4v) is 4.55. The van der Waals surface area contributed by atoms with Crippen molar-refractivity contribution in [2.24, 2.45) is 5.92 Å². The molecule has 3 rings (SSSR count). The Bertz CT molecular complexity index is 622. The van der Waals surface area contributed by atoms with Crippen LogP contribution in [0.5, 0.6) is 5.75 Å². The molecule has 4 nitrogen and oxygen atoms in total. The first kappa shape index (κ1) is 26.3. The number of nitrogens with one attached hydrogen (secondary N) is 1. The molecule has 0 aromatic heterocycles. The number of rotatable bonds is 6. The van der Waals surface area contributed by atoms with Gasteiger partial charge in [0.05, 0.1) is 6.10 Å². The van der Waals surface area contributed by atoms with E-state index < -0.39 is 12.5 Å². The van der Waals surface area contributed by atoms with Crippen LogP contribution >= 0.6 is 24.8 Å². The van der Waals surface area contributed by atoms with E-state index in [-0.39, 0.29) is 42.4 Å². The number of hydrogen-bond donors (Lipinski definition) is 2. The standard InChI is InChI=1S/C20H29F3N2O2.2ClH/c1-24-15-9-10-25(12-15)13-18(17-7-2-3-8-19(17)26)14-5-4-6-16(11-14)27-20(21,22)23;;/h4-6,11,15,17-19,24,26H,2-3,7-10,12-13H2,1H3;2*1H/t15-,17?,18?,19?;;/m1../s1. The van der Waals surface area contributed by atoms with E-state index in [2.05, 4.69) is 15.0 Å². The molecule has 1 aliphatic carbocycles. The van der Waals surface area contributed by atoms with Crippen LogP contribution in [0.3, 0.4) is 0 Å². The molecule has 0 bridgehead atoms. The molecule has 1 saturated heterocycles. The summed E-state index contributed by atoms with van der Waals surface area (Å²) in [6.45, 7) is 2.63. The fourth-order valence-electron chi connectivity index (χ4n) is 4.55. The molecule has 9 heteroatoms. The summed E-state index contributed by atoms with van der Waals surface area (Å²) in [7, 11) is 1.95. The van der Waals surface area contributed by atoms with E-state index >= 15 is 0 Å². The minimum absolute atomic E-state index is 0. The van der Waals surface area contributed by atoms with Crippen LogP contribution in [0, 0.1) is 5.92 Å². The Labute approximate surface area is 183 Å². The Balaban J connectivity index is 0.00000210. The van der Waals surface area contributed by atoms with Crippen molar-refractivity contribution < 1.29 is 23.0 Å². The molecular formula is C20H31Cl2F3N2O2. The number of benzene rings is 1. The van der Waals surface area contributed by atoms with Gasteiger partial charge in [-0.3, -0.25) is 0 Å². The van der Waals surface area contributed by atoms with Gasteiger partial charge in [-0.15, -0.1) is 38.0 Å². The molecule has 1 heterocycles. The van der Waals surface area contributed by atoms with E-state index in [1.807, 2.05) is 13.1 Å².